The number of aryl methyl sites for hydroxylation is 1. The third-order valence-corrected chi connectivity index (χ3v) is 4.16. The zero-order valence-corrected chi connectivity index (χ0v) is 15.6. The van der Waals surface area contributed by atoms with Crippen LogP contribution < -0.4 is 4.74 Å². The van der Waals surface area contributed by atoms with E-state index in [4.69, 9.17) is 17.0 Å². The third-order valence-electron chi connectivity index (χ3n) is 3.90. The predicted molar refractivity (Wildman–Crippen MR) is 106 cm³/mol. The van der Waals surface area contributed by atoms with Crippen LogP contribution in [0.5, 0.6) is 5.75 Å². The van der Waals surface area contributed by atoms with Crippen LogP contribution in [0.25, 0.3) is 0 Å². The second-order valence-corrected chi connectivity index (χ2v) is 6.34. The van der Waals surface area contributed by atoms with Crippen molar-refractivity contribution in [1.82, 2.24) is 14.9 Å². The van der Waals surface area contributed by atoms with Crippen molar-refractivity contribution in [3.63, 3.8) is 0 Å². The molecule has 0 fully saturated rings. The summed E-state index contributed by atoms with van der Waals surface area (Å²) in [6.45, 7) is 2.69. The highest BCUT2D eigenvalue weighted by atomic mass is 32.1. The van der Waals surface area contributed by atoms with E-state index in [9.17, 15) is 0 Å². The molecule has 0 aliphatic rings. The minimum Gasteiger partial charge on any atom is -0.489 e. The second-order valence-electron chi connectivity index (χ2n) is 5.95. The van der Waals surface area contributed by atoms with Gasteiger partial charge in [0.15, 0.2) is 5.82 Å². The second kappa shape index (κ2) is 9.10. The molecule has 0 saturated carbocycles. The molecule has 0 radical (unpaired) electrons. The summed E-state index contributed by atoms with van der Waals surface area (Å²) >= 11 is 5.27. The van der Waals surface area contributed by atoms with Gasteiger partial charge in [-0.2, -0.15) is 14.9 Å². The van der Waals surface area contributed by atoms with Gasteiger partial charge in [-0.3, -0.25) is 5.10 Å². The largest absolute Gasteiger partial charge is 0.489 e. The van der Waals surface area contributed by atoms with Gasteiger partial charge in [-0.05, 0) is 41.9 Å². The molecule has 3 rings (SSSR count). The average molecular weight is 366 g/mol. The van der Waals surface area contributed by atoms with E-state index in [1.807, 2.05) is 54.6 Å². The fraction of sp³-hybridized carbons (Fsp3) is 0.250. The molecule has 6 heteroatoms. The lowest BCUT2D eigenvalue weighted by Crippen LogP contribution is -1.99. The summed E-state index contributed by atoms with van der Waals surface area (Å²) < 4.78 is 8.05. The fourth-order valence-electron chi connectivity index (χ4n) is 2.49. The number of aromatic nitrogens is 3. The smallest absolute Gasteiger partial charge is 0.216 e. The first-order valence-corrected chi connectivity index (χ1v) is 9.14. The monoisotopic (exact) mass is 366 g/mol. The van der Waals surface area contributed by atoms with Crippen LogP contribution in [-0.2, 0) is 13.0 Å². The molecular weight excluding hydrogens is 344 g/mol. The minimum absolute atomic E-state index is 0.504. The number of hydrogen-bond donors (Lipinski definition) is 1. The number of rotatable bonds is 8. The zero-order chi connectivity index (χ0) is 18.2. The summed E-state index contributed by atoms with van der Waals surface area (Å²) in [5.41, 5.74) is 2.08. The Kier molecular flexibility index (Phi) is 6.33. The zero-order valence-electron chi connectivity index (χ0n) is 14.8. The Morgan fingerprint density at radius 1 is 1.19 bits per heavy atom. The Morgan fingerprint density at radius 3 is 2.85 bits per heavy atom. The number of benzene rings is 2. The van der Waals surface area contributed by atoms with Crippen LogP contribution in [0.4, 0.5) is 0 Å². The highest BCUT2D eigenvalue weighted by Gasteiger charge is 2.04. The van der Waals surface area contributed by atoms with Gasteiger partial charge in [-0.1, -0.05) is 55.8 Å². The van der Waals surface area contributed by atoms with Crippen molar-refractivity contribution < 1.29 is 4.74 Å². The summed E-state index contributed by atoms with van der Waals surface area (Å²) in [4.78, 5) is 0. The number of aromatic amines is 1. The summed E-state index contributed by atoms with van der Waals surface area (Å²) in [5.74, 6) is 1.66. The molecule has 0 bridgehead atoms. The van der Waals surface area contributed by atoms with Crippen LogP contribution in [0, 0.1) is 4.77 Å². The Morgan fingerprint density at radius 2 is 2.04 bits per heavy atom. The summed E-state index contributed by atoms with van der Waals surface area (Å²) in [5, 5.41) is 11.5. The van der Waals surface area contributed by atoms with Crippen LogP contribution >= 0.6 is 12.2 Å². The van der Waals surface area contributed by atoms with Gasteiger partial charge >= 0.3 is 0 Å². The average Bonchev–Trinajstić information content (AvgIpc) is 3.04. The first-order valence-electron chi connectivity index (χ1n) is 8.73. The Bertz CT molecular complexity index is 915. The van der Waals surface area contributed by atoms with Crippen LogP contribution in [0.15, 0.2) is 59.7 Å². The van der Waals surface area contributed by atoms with Gasteiger partial charge in [0, 0.05) is 6.42 Å². The van der Waals surface area contributed by atoms with E-state index in [-0.39, 0.29) is 0 Å². The number of hydrogen-bond acceptors (Lipinski definition) is 4. The molecule has 2 aromatic carbocycles. The van der Waals surface area contributed by atoms with Crippen molar-refractivity contribution in [2.75, 3.05) is 0 Å². The molecule has 1 N–H and O–H groups in total. The summed E-state index contributed by atoms with van der Waals surface area (Å²) in [7, 11) is 0. The van der Waals surface area contributed by atoms with Gasteiger partial charge in [-0.25, -0.2) is 0 Å². The third kappa shape index (κ3) is 4.89. The molecule has 0 atom stereocenters. The molecular formula is C20H22N4OS. The lowest BCUT2D eigenvalue weighted by molar-refractivity contribution is 0.306. The van der Waals surface area contributed by atoms with Crippen LogP contribution in [0.2, 0.25) is 0 Å². The van der Waals surface area contributed by atoms with Crippen molar-refractivity contribution in [1.29, 1.82) is 0 Å². The maximum Gasteiger partial charge on any atom is 0.216 e. The highest BCUT2D eigenvalue weighted by molar-refractivity contribution is 7.71. The lowest BCUT2D eigenvalue weighted by atomic mass is 10.2. The van der Waals surface area contributed by atoms with Gasteiger partial charge < -0.3 is 4.74 Å². The Labute approximate surface area is 158 Å². The summed E-state index contributed by atoms with van der Waals surface area (Å²) in [6.07, 6.45) is 4.78. The molecule has 0 saturated heterocycles. The number of nitrogens with zero attached hydrogens (tertiary/aromatic N) is 3. The first kappa shape index (κ1) is 18.1. The first-order chi connectivity index (χ1) is 12.8. The molecule has 26 heavy (non-hydrogen) atoms. The fourth-order valence-corrected chi connectivity index (χ4v) is 2.69. The Hall–Kier alpha value is -2.73. The molecule has 1 aromatic heterocycles. The van der Waals surface area contributed by atoms with Crippen LogP contribution in [-0.4, -0.2) is 21.1 Å². The van der Waals surface area contributed by atoms with E-state index in [0.717, 1.165) is 42.0 Å². The SMILES string of the molecule is CCCCc1n[nH]c(=S)n1/N=C\c1cccc(OCc2ccccc2)c1. The Balaban J connectivity index is 1.70. The standard InChI is InChI=1S/C20H22N4OS/c1-2-3-12-19-22-23-20(26)24(19)21-14-17-10-7-11-18(13-17)25-15-16-8-5-4-6-9-16/h4-11,13-14H,2-3,12,15H2,1H3,(H,23,26)/b21-14-. The van der Waals surface area contributed by atoms with Crippen molar-refractivity contribution >= 4 is 18.4 Å². The van der Waals surface area contributed by atoms with Crippen molar-refractivity contribution in [2.24, 2.45) is 5.10 Å². The van der Waals surface area contributed by atoms with E-state index >= 15 is 0 Å². The molecule has 1 heterocycles. The lowest BCUT2D eigenvalue weighted by Gasteiger charge is -2.06. The number of H-pyrrole nitrogens is 1. The van der Waals surface area contributed by atoms with E-state index < -0.39 is 0 Å². The normalized spacial score (nSPS) is 11.1. The van der Waals surface area contributed by atoms with E-state index in [0.29, 0.717) is 11.4 Å². The maximum absolute atomic E-state index is 5.86. The van der Waals surface area contributed by atoms with Crippen molar-refractivity contribution in [3.05, 3.63) is 76.3 Å². The molecule has 0 aliphatic carbocycles. The van der Waals surface area contributed by atoms with Gasteiger partial charge in [-0.15, -0.1) is 0 Å². The van der Waals surface area contributed by atoms with E-state index in [2.05, 4.69) is 22.2 Å². The molecule has 0 spiro atoms. The number of nitrogens with one attached hydrogen (secondary N) is 1. The van der Waals surface area contributed by atoms with E-state index in [1.54, 1.807) is 10.9 Å². The molecule has 3 aromatic rings. The summed E-state index contributed by atoms with van der Waals surface area (Å²) in [6, 6.07) is 17.9. The molecule has 134 valence electrons. The molecule has 5 nitrogen and oxygen atoms in total. The minimum atomic E-state index is 0.504. The number of unbranched alkanes of at least 4 members (excludes halogenated alkanes) is 1. The predicted octanol–water partition coefficient (Wildman–Crippen LogP) is 4.74. The molecule has 0 aliphatic heterocycles. The molecule has 0 unspecified atom stereocenters. The van der Waals surface area contributed by atoms with Gasteiger partial charge in [0.25, 0.3) is 0 Å². The van der Waals surface area contributed by atoms with Crippen LogP contribution in [0.3, 0.4) is 0 Å². The highest BCUT2D eigenvalue weighted by Crippen LogP contribution is 2.14. The van der Waals surface area contributed by atoms with Crippen molar-refractivity contribution in [2.45, 2.75) is 32.8 Å². The van der Waals surface area contributed by atoms with E-state index in [1.165, 1.54) is 0 Å². The van der Waals surface area contributed by atoms with Gasteiger partial charge in [0.1, 0.15) is 12.4 Å². The van der Waals surface area contributed by atoms with Crippen LogP contribution in [0.1, 0.15) is 36.7 Å². The molecule has 0 amide bonds. The van der Waals surface area contributed by atoms with Crippen molar-refractivity contribution in [3.8, 4) is 5.75 Å². The number of ether oxygens (including phenoxy) is 1. The van der Waals surface area contributed by atoms with Gasteiger partial charge in [0.05, 0.1) is 6.21 Å². The quantitative estimate of drug-likeness (QED) is 0.462. The maximum atomic E-state index is 5.86. The topological polar surface area (TPSA) is 55.2 Å². The van der Waals surface area contributed by atoms with Gasteiger partial charge in [0.2, 0.25) is 4.77 Å².